The number of nitro groups is 1. The van der Waals surface area contributed by atoms with Gasteiger partial charge in [-0.2, -0.15) is 0 Å². The molecule has 0 N–H and O–H groups in total. The van der Waals surface area contributed by atoms with Gasteiger partial charge in [-0.1, -0.05) is 11.6 Å². The number of carbonyl (C=O) groups is 1. The Hall–Kier alpha value is -2.03. The van der Waals surface area contributed by atoms with Gasteiger partial charge in [-0.3, -0.25) is 10.1 Å². The molecule has 2 aromatic rings. The summed E-state index contributed by atoms with van der Waals surface area (Å²) in [5.41, 5.74) is 0.166. The number of ether oxygens (including phenoxy) is 1. The van der Waals surface area contributed by atoms with Gasteiger partial charge in [0, 0.05) is 26.4 Å². The number of esters is 1. The van der Waals surface area contributed by atoms with Crippen LogP contribution in [0.3, 0.4) is 0 Å². The lowest BCUT2D eigenvalue weighted by molar-refractivity contribution is -0.384. The second-order valence-electron chi connectivity index (χ2n) is 4.43. The minimum atomic E-state index is -0.609. The molecule has 0 spiro atoms. The van der Waals surface area contributed by atoms with Crippen molar-refractivity contribution in [3.63, 3.8) is 0 Å². The SMILES string of the molecule is O=C1OC(c2ccc(Cl)c([N+](=O)[O-])c2)=NC1=Cc1cc(Br)cs1. The third-order valence-electron chi connectivity index (χ3n) is 2.88. The first kappa shape index (κ1) is 15.9. The molecule has 9 heteroatoms. The number of thiophene rings is 1. The van der Waals surface area contributed by atoms with E-state index in [1.54, 1.807) is 6.08 Å². The maximum atomic E-state index is 11.9. The highest BCUT2D eigenvalue weighted by atomic mass is 79.9. The van der Waals surface area contributed by atoms with E-state index in [4.69, 9.17) is 16.3 Å². The Balaban J connectivity index is 1.97. The van der Waals surface area contributed by atoms with E-state index < -0.39 is 10.9 Å². The first-order valence-corrected chi connectivity index (χ1v) is 8.20. The average molecular weight is 414 g/mol. The molecule has 0 saturated carbocycles. The van der Waals surface area contributed by atoms with E-state index in [9.17, 15) is 14.9 Å². The normalized spacial score (nSPS) is 15.7. The van der Waals surface area contributed by atoms with Crippen LogP contribution in [-0.4, -0.2) is 16.8 Å². The highest BCUT2D eigenvalue weighted by molar-refractivity contribution is 9.10. The Kier molecular flexibility index (Phi) is 4.29. The maximum Gasteiger partial charge on any atom is 0.363 e. The molecule has 1 aromatic heterocycles. The zero-order valence-corrected chi connectivity index (χ0v) is 14.3. The van der Waals surface area contributed by atoms with Crippen LogP contribution in [0.1, 0.15) is 10.4 Å². The molecule has 1 aliphatic rings. The van der Waals surface area contributed by atoms with Crippen LogP contribution in [0.4, 0.5) is 5.69 Å². The molecule has 2 heterocycles. The van der Waals surface area contributed by atoms with E-state index in [1.165, 1.54) is 29.5 Å². The lowest BCUT2D eigenvalue weighted by atomic mass is 10.2. The summed E-state index contributed by atoms with van der Waals surface area (Å²) in [6.45, 7) is 0. The third-order valence-corrected chi connectivity index (χ3v) is 4.84. The number of hydrogen-bond acceptors (Lipinski definition) is 6. The number of nitro benzene ring substituents is 1. The molecular weight excluding hydrogens is 408 g/mol. The fourth-order valence-electron chi connectivity index (χ4n) is 1.86. The Labute approximate surface area is 147 Å². The van der Waals surface area contributed by atoms with Crippen LogP contribution in [0.2, 0.25) is 5.02 Å². The van der Waals surface area contributed by atoms with Gasteiger partial charge in [0.25, 0.3) is 5.69 Å². The number of hydrogen-bond donors (Lipinski definition) is 0. The molecule has 0 radical (unpaired) electrons. The second kappa shape index (κ2) is 6.23. The van der Waals surface area contributed by atoms with Crippen molar-refractivity contribution in [1.29, 1.82) is 0 Å². The van der Waals surface area contributed by atoms with Crippen molar-refractivity contribution in [3.8, 4) is 0 Å². The van der Waals surface area contributed by atoms with Crippen molar-refractivity contribution < 1.29 is 14.5 Å². The van der Waals surface area contributed by atoms with Gasteiger partial charge in [0.05, 0.1) is 4.92 Å². The van der Waals surface area contributed by atoms with Gasteiger partial charge in [0.1, 0.15) is 5.02 Å². The minimum absolute atomic E-state index is 0.00266. The molecule has 0 aliphatic carbocycles. The average Bonchev–Trinajstić information content (AvgIpc) is 3.06. The van der Waals surface area contributed by atoms with Gasteiger partial charge in [-0.25, -0.2) is 9.79 Å². The van der Waals surface area contributed by atoms with E-state index in [2.05, 4.69) is 20.9 Å². The highest BCUT2D eigenvalue weighted by Gasteiger charge is 2.26. The molecule has 0 bridgehead atoms. The summed E-state index contributed by atoms with van der Waals surface area (Å²) in [4.78, 5) is 27.1. The smallest absolute Gasteiger partial charge is 0.363 e. The summed E-state index contributed by atoms with van der Waals surface area (Å²) in [5, 5.41) is 12.8. The minimum Gasteiger partial charge on any atom is -0.402 e. The molecule has 116 valence electrons. The monoisotopic (exact) mass is 412 g/mol. The largest absolute Gasteiger partial charge is 0.402 e. The van der Waals surface area contributed by atoms with Crippen LogP contribution in [0.5, 0.6) is 0 Å². The Morgan fingerprint density at radius 2 is 2.17 bits per heavy atom. The number of aliphatic imine (C=N–C) groups is 1. The summed E-state index contributed by atoms with van der Waals surface area (Å²) >= 11 is 10.5. The van der Waals surface area contributed by atoms with E-state index in [0.717, 1.165) is 9.35 Å². The van der Waals surface area contributed by atoms with Crippen molar-refractivity contribution >= 4 is 62.5 Å². The maximum absolute atomic E-state index is 11.9. The number of nitrogens with zero attached hydrogens (tertiary/aromatic N) is 2. The molecular formula is C14H6BrClN2O4S. The first-order valence-electron chi connectivity index (χ1n) is 6.15. The fourth-order valence-corrected chi connectivity index (χ4v) is 3.41. The van der Waals surface area contributed by atoms with Crippen LogP contribution in [0.15, 0.2) is 44.8 Å². The summed E-state index contributed by atoms with van der Waals surface area (Å²) in [7, 11) is 0. The van der Waals surface area contributed by atoms with Gasteiger partial charge in [0.2, 0.25) is 5.90 Å². The molecule has 0 unspecified atom stereocenters. The van der Waals surface area contributed by atoms with E-state index >= 15 is 0 Å². The second-order valence-corrected chi connectivity index (χ2v) is 6.69. The van der Waals surface area contributed by atoms with Gasteiger partial charge < -0.3 is 4.74 Å². The zero-order valence-electron chi connectivity index (χ0n) is 11.2. The molecule has 0 saturated heterocycles. The lowest BCUT2D eigenvalue weighted by Crippen LogP contribution is -2.06. The molecule has 1 aromatic carbocycles. The molecule has 23 heavy (non-hydrogen) atoms. The van der Waals surface area contributed by atoms with Crippen molar-refractivity contribution in [2.24, 2.45) is 4.99 Å². The van der Waals surface area contributed by atoms with Crippen LogP contribution in [0, 0.1) is 10.1 Å². The summed E-state index contributed by atoms with van der Waals surface area (Å²) in [5.74, 6) is -0.598. The predicted molar refractivity (Wildman–Crippen MR) is 90.7 cm³/mol. The van der Waals surface area contributed by atoms with Crippen molar-refractivity contribution in [2.75, 3.05) is 0 Å². The molecule has 0 fully saturated rings. The molecule has 6 nitrogen and oxygen atoms in total. The van der Waals surface area contributed by atoms with Crippen LogP contribution < -0.4 is 0 Å². The third kappa shape index (κ3) is 3.34. The summed E-state index contributed by atoms with van der Waals surface area (Å²) in [6, 6.07) is 5.93. The lowest BCUT2D eigenvalue weighted by Gasteiger charge is -2.00. The standard InChI is InChI=1S/C14H6BrClN2O4S/c15-8-4-9(23-6-8)5-11-14(19)22-13(17-11)7-1-2-10(16)12(3-7)18(20)21/h1-6H. The van der Waals surface area contributed by atoms with E-state index in [1.807, 2.05) is 11.4 Å². The highest BCUT2D eigenvalue weighted by Crippen LogP contribution is 2.28. The predicted octanol–water partition coefficient (Wildman–Crippen LogP) is 4.42. The number of carbonyl (C=O) groups excluding carboxylic acids is 1. The van der Waals surface area contributed by atoms with Gasteiger partial charge in [-0.05, 0) is 40.2 Å². The molecule has 1 aliphatic heterocycles. The molecule has 3 rings (SSSR count). The van der Waals surface area contributed by atoms with E-state index in [-0.39, 0.29) is 22.3 Å². The van der Waals surface area contributed by atoms with Gasteiger partial charge >= 0.3 is 5.97 Å². The summed E-state index contributed by atoms with van der Waals surface area (Å²) in [6.07, 6.45) is 1.59. The zero-order chi connectivity index (χ0) is 16.6. The number of cyclic esters (lactones) is 1. The fraction of sp³-hybridized carbons (Fsp3) is 0. The molecule has 0 atom stereocenters. The Bertz CT molecular complexity index is 891. The number of rotatable bonds is 3. The number of benzene rings is 1. The quantitative estimate of drug-likeness (QED) is 0.323. The topological polar surface area (TPSA) is 81.8 Å². The summed E-state index contributed by atoms with van der Waals surface area (Å²) < 4.78 is 5.98. The van der Waals surface area contributed by atoms with E-state index in [0.29, 0.717) is 5.56 Å². The van der Waals surface area contributed by atoms with Crippen LogP contribution in [-0.2, 0) is 9.53 Å². The van der Waals surface area contributed by atoms with Gasteiger partial charge in [-0.15, -0.1) is 11.3 Å². The number of halogens is 2. The van der Waals surface area contributed by atoms with Crippen molar-refractivity contribution in [2.45, 2.75) is 0 Å². The van der Waals surface area contributed by atoms with Crippen LogP contribution in [0.25, 0.3) is 6.08 Å². The van der Waals surface area contributed by atoms with Crippen molar-refractivity contribution in [3.05, 3.63) is 65.4 Å². The Morgan fingerprint density at radius 1 is 1.39 bits per heavy atom. The van der Waals surface area contributed by atoms with Gasteiger partial charge in [0.15, 0.2) is 5.70 Å². The Morgan fingerprint density at radius 3 is 2.83 bits per heavy atom. The molecule has 0 amide bonds. The van der Waals surface area contributed by atoms with Crippen LogP contribution >= 0.6 is 38.9 Å². The first-order chi connectivity index (χ1) is 10.9. The van der Waals surface area contributed by atoms with Crippen molar-refractivity contribution in [1.82, 2.24) is 0 Å².